The lowest BCUT2D eigenvalue weighted by Gasteiger charge is -2.34. The van der Waals surface area contributed by atoms with Gasteiger partial charge < -0.3 is 19.3 Å². The number of amides is 2. The number of hydrogen-bond acceptors (Lipinski definition) is 8. The van der Waals surface area contributed by atoms with Crippen LogP contribution in [-0.4, -0.2) is 78.5 Å². The second-order valence-electron chi connectivity index (χ2n) is 16.3. The SMILES string of the molecule is CC(C)(C)OC(=O)N1CCCC(n2cnc3cc(Br)cc(F)c3c2=O)C1.CC(C)(C)OC(=O)N1CCCC(n2cnc3cc(C4CC4)cc(F)c3c2=O)C1. The zero-order valence-electron chi connectivity index (χ0n) is 31.5. The van der Waals surface area contributed by atoms with E-state index in [9.17, 15) is 28.0 Å². The van der Waals surface area contributed by atoms with Crippen LogP contribution < -0.4 is 11.1 Å². The lowest BCUT2D eigenvalue weighted by molar-refractivity contribution is 0.0161. The van der Waals surface area contributed by atoms with Crippen molar-refractivity contribution < 1.29 is 27.8 Å². The molecule has 4 aromatic rings. The van der Waals surface area contributed by atoms with E-state index in [1.54, 1.807) is 15.9 Å². The van der Waals surface area contributed by atoms with Crippen LogP contribution in [0.2, 0.25) is 0 Å². The molecule has 2 saturated heterocycles. The molecule has 0 spiro atoms. The second kappa shape index (κ2) is 15.4. The number of benzene rings is 2. The van der Waals surface area contributed by atoms with Gasteiger partial charge in [-0.15, -0.1) is 0 Å². The van der Waals surface area contributed by atoms with Crippen molar-refractivity contribution in [1.29, 1.82) is 0 Å². The van der Waals surface area contributed by atoms with Crippen molar-refractivity contribution in [2.24, 2.45) is 0 Å². The minimum Gasteiger partial charge on any atom is -0.444 e. The summed E-state index contributed by atoms with van der Waals surface area (Å²) in [5, 5.41) is -0.00798. The summed E-state index contributed by atoms with van der Waals surface area (Å²) in [6, 6.07) is 5.66. The topological polar surface area (TPSA) is 129 Å². The van der Waals surface area contributed by atoms with E-state index in [0.717, 1.165) is 37.7 Å². The summed E-state index contributed by atoms with van der Waals surface area (Å²) in [7, 11) is 0. The molecular formula is C39H47BrF2N6O6. The normalized spacial score (nSPS) is 19.4. The number of aromatic nitrogens is 4. The van der Waals surface area contributed by atoms with Crippen molar-refractivity contribution in [1.82, 2.24) is 28.9 Å². The third-order valence-electron chi connectivity index (χ3n) is 9.60. The van der Waals surface area contributed by atoms with Gasteiger partial charge >= 0.3 is 12.2 Å². The molecule has 0 radical (unpaired) electrons. The molecule has 0 N–H and O–H groups in total. The van der Waals surface area contributed by atoms with Crippen LogP contribution in [0.5, 0.6) is 0 Å². The number of piperidine rings is 2. The van der Waals surface area contributed by atoms with Gasteiger partial charge in [-0.05, 0) is 116 Å². The average Bonchev–Trinajstić information content (AvgIpc) is 3.93. The van der Waals surface area contributed by atoms with Gasteiger partial charge in [-0.3, -0.25) is 18.7 Å². The van der Waals surface area contributed by atoms with Gasteiger partial charge in [-0.25, -0.2) is 28.3 Å². The van der Waals surface area contributed by atoms with E-state index in [4.69, 9.17) is 9.47 Å². The van der Waals surface area contributed by atoms with Gasteiger partial charge in [-0.2, -0.15) is 0 Å². The van der Waals surface area contributed by atoms with Gasteiger partial charge in [0.2, 0.25) is 0 Å². The molecule has 3 aliphatic rings. The summed E-state index contributed by atoms with van der Waals surface area (Å²) in [6.07, 6.45) is 7.17. The minimum absolute atomic E-state index is 0.0290. The number of carbonyl (C=O) groups is 2. The number of fused-ring (bicyclic) bond motifs is 2. The summed E-state index contributed by atoms with van der Waals surface area (Å²) in [4.78, 5) is 62.3. The molecular weight excluding hydrogens is 766 g/mol. The van der Waals surface area contributed by atoms with Gasteiger partial charge in [0.1, 0.15) is 33.6 Å². The van der Waals surface area contributed by atoms with E-state index in [-0.39, 0.29) is 34.5 Å². The first-order valence-electron chi connectivity index (χ1n) is 18.4. The number of nitrogens with zero attached hydrogens (tertiary/aromatic N) is 6. The molecule has 1 aliphatic carbocycles. The first-order chi connectivity index (χ1) is 25.4. The number of carbonyl (C=O) groups excluding carboxylic acids is 2. The quantitative estimate of drug-likeness (QED) is 0.205. The van der Waals surface area contributed by atoms with Crippen LogP contribution in [0.4, 0.5) is 18.4 Å². The minimum atomic E-state index is -0.610. The Kier molecular flexibility index (Phi) is 11.2. The fourth-order valence-corrected chi connectivity index (χ4v) is 7.35. The number of likely N-dealkylation sites (tertiary alicyclic amines) is 2. The molecule has 1 saturated carbocycles. The highest BCUT2D eigenvalue weighted by atomic mass is 79.9. The smallest absolute Gasteiger partial charge is 0.410 e. The van der Waals surface area contributed by atoms with Crippen molar-refractivity contribution >= 4 is 49.9 Å². The molecule has 54 heavy (non-hydrogen) atoms. The number of halogens is 3. The number of rotatable bonds is 3. The Hall–Kier alpha value is -4.40. The fraction of sp³-hybridized carbons (Fsp3) is 0.538. The van der Waals surface area contributed by atoms with Crippen molar-refractivity contribution in [3.05, 3.63) is 79.3 Å². The van der Waals surface area contributed by atoms with Crippen molar-refractivity contribution in [3.8, 4) is 0 Å². The highest BCUT2D eigenvalue weighted by Gasteiger charge is 2.32. The van der Waals surface area contributed by atoms with E-state index >= 15 is 0 Å². The van der Waals surface area contributed by atoms with Crippen LogP contribution in [-0.2, 0) is 9.47 Å². The lowest BCUT2D eigenvalue weighted by atomic mass is 10.0. The van der Waals surface area contributed by atoms with Crippen molar-refractivity contribution in [3.63, 3.8) is 0 Å². The molecule has 2 unspecified atom stereocenters. The van der Waals surface area contributed by atoms with Crippen molar-refractivity contribution in [2.45, 2.75) is 109 Å². The molecule has 0 bridgehead atoms. The van der Waals surface area contributed by atoms with Crippen LogP contribution in [0.25, 0.3) is 21.8 Å². The van der Waals surface area contributed by atoms with E-state index in [1.807, 2.05) is 47.6 Å². The number of hydrogen-bond donors (Lipinski definition) is 0. The Labute approximate surface area is 320 Å². The van der Waals surface area contributed by atoms with Crippen LogP contribution >= 0.6 is 15.9 Å². The van der Waals surface area contributed by atoms with Crippen LogP contribution in [0.1, 0.15) is 104 Å². The molecule has 4 heterocycles. The summed E-state index contributed by atoms with van der Waals surface area (Å²) in [5.41, 5.74) is -0.350. The maximum absolute atomic E-state index is 14.7. The zero-order chi connectivity index (χ0) is 39.1. The monoisotopic (exact) mass is 812 g/mol. The molecule has 7 rings (SSSR count). The Balaban J connectivity index is 0.000000185. The summed E-state index contributed by atoms with van der Waals surface area (Å²) < 4.78 is 43.3. The van der Waals surface area contributed by atoms with E-state index in [2.05, 4.69) is 25.9 Å². The van der Waals surface area contributed by atoms with Crippen LogP contribution in [0.15, 0.2) is 51.0 Å². The first-order valence-corrected chi connectivity index (χ1v) is 19.2. The molecule has 3 fully saturated rings. The Morgan fingerprint density at radius 2 is 1.15 bits per heavy atom. The molecule has 2 aromatic carbocycles. The average molecular weight is 814 g/mol. The van der Waals surface area contributed by atoms with Crippen molar-refractivity contribution in [2.75, 3.05) is 26.2 Å². The van der Waals surface area contributed by atoms with Crippen LogP contribution in [0.3, 0.4) is 0 Å². The maximum atomic E-state index is 14.7. The predicted octanol–water partition coefficient (Wildman–Crippen LogP) is 7.86. The fourth-order valence-electron chi connectivity index (χ4n) is 6.93. The molecule has 12 nitrogen and oxygen atoms in total. The molecule has 2 aliphatic heterocycles. The van der Waals surface area contributed by atoms with Gasteiger partial charge in [-0.1, -0.05) is 15.9 Å². The third-order valence-corrected chi connectivity index (χ3v) is 10.1. The summed E-state index contributed by atoms with van der Waals surface area (Å²) in [6.45, 7) is 12.7. The van der Waals surface area contributed by atoms with E-state index < -0.39 is 34.5 Å². The summed E-state index contributed by atoms with van der Waals surface area (Å²) in [5.74, 6) is -0.726. The van der Waals surface area contributed by atoms with Gasteiger partial charge in [0, 0.05) is 30.7 Å². The lowest BCUT2D eigenvalue weighted by Crippen LogP contribution is -2.45. The van der Waals surface area contributed by atoms with Gasteiger partial charge in [0.25, 0.3) is 11.1 Å². The standard InChI is InChI=1S/C21H26FN3O3.C18H21BrFN3O3/c1-21(2,3)28-20(27)24-8-4-5-15(11-24)25-12-23-17-10-14(13-6-7-13)9-16(22)18(17)19(25)26;1-18(2,3)26-17(25)22-6-4-5-12(9-22)23-10-21-14-8-11(19)7-13(20)15(14)16(23)24/h9-10,12-13,15H,4-8,11H2,1-3H3;7-8,10,12H,4-6,9H2,1-3H3. The highest BCUT2D eigenvalue weighted by molar-refractivity contribution is 9.10. The molecule has 2 atom stereocenters. The summed E-state index contributed by atoms with van der Waals surface area (Å²) >= 11 is 3.20. The predicted molar refractivity (Wildman–Crippen MR) is 204 cm³/mol. The maximum Gasteiger partial charge on any atom is 0.410 e. The molecule has 2 aromatic heterocycles. The second-order valence-corrected chi connectivity index (χ2v) is 17.2. The Morgan fingerprint density at radius 3 is 1.59 bits per heavy atom. The van der Waals surface area contributed by atoms with Gasteiger partial charge in [0.05, 0.1) is 35.8 Å². The third kappa shape index (κ3) is 9.10. The van der Waals surface area contributed by atoms with Gasteiger partial charge in [0.15, 0.2) is 0 Å². The highest BCUT2D eigenvalue weighted by Crippen LogP contribution is 2.41. The Morgan fingerprint density at radius 1 is 0.704 bits per heavy atom. The molecule has 15 heteroatoms. The van der Waals surface area contributed by atoms with Crippen LogP contribution in [0, 0.1) is 11.6 Å². The first kappa shape index (κ1) is 39.3. The Bertz CT molecular complexity index is 2190. The number of ether oxygens (including phenoxy) is 2. The van der Waals surface area contributed by atoms with E-state index in [1.165, 1.54) is 33.9 Å². The molecule has 2 amide bonds. The largest absolute Gasteiger partial charge is 0.444 e. The molecule has 290 valence electrons. The van der Waals surface area contributed by atoms with E-state index in [0.29, 0.717) is 54.0 Å². The zero-order valence-corrected chi connectivity index (χ0v) is 33.1.